The molecule has 1 fully saturated rings. The summed E-state index contributed by atoms with van der Waals surface area (Å²) >= 11 is 0. The van der Waals surface area contributed by atoms with Gasteiger partial charge in [-0.1, -0.05) is 20.3 Å². The molecule has 1 aliphatic heterocycles. The van der Waals surface area contributed by atoms with E-state index in [0.29, 0.717) is 19.3 Å². The Morgan fingerprint density at radius 3 is 2.52 bits per heavy atom. The lowest BCUT2D eigenvalue weighted by molar-refractivity contribution is -0.149. The molecule has 0 radical (unpaired) electrons. The average Bonchev–Trinajstić information content (AvgIpc) is 2.90. The van der Waals surface area contributed by atoms with E-state index in [9.17, 15) is 14.4 Å². The predicted octanol–water partition coefficient (Wildman–Crippen LogP) is -0.182. The van der Waals surface area contributed by atoms with E-state index in [1.165, 1.54) is 0 Å². The number of carboxylic acid groups (broad SMARTS) is 1. The Morgan fingerprint density at radius 1 is 1.38 bits per heavy atom. The summed E-state index contributed by atoms with van der Waals surface area (Å²) in [5.74, 6) is -1.39. The number of nitrogens with one attached hydrogen (secondary N) is 2. The topological polar surface area (TPSA) is 131 Å². The van der Waals surface area contributed by atoms with Gasteiger partial charge in [0.2, 0.25) is 5.91 Å². The minimum atomic E-state index is -0.989. The Kier molecular flexibility index (Phi) is 6.41. The second-order valence-corrected chi connectivity index (χ2v) is 5.28. The molecule has 0 aromatic rings. The normalized spacial score (nSPS) is 24.1. The van der Waals surface area contributed by atoms with Crippen molar-refractivity contribution in [3.63, 3.8) is 0 Å². The number of ether oxygens (including phenoxy) is 1. The summed E-state index contributed by atoms with van der Waals surface area (Å²) in [5, 5.41) is 13.9. The van der Waals surface area contributed by atoms with Gasteiger partial charge in [0, 0.05) is 6.54 Å². The van der Waals surface area contributed by atoms with Gasteiger partial charge in [0.1, 0.15) is 6.04 Å². The van der Waals surface area contributed by atoms with Crippen molar-refractivity contribution in [3.05, 3.63) is 0 Å². The van der Waals surface area contributed by atoms with Crippen LogP contribution in [0.2, 0.25) is 0 Å². The molecule has 8 nitrogen and oxygen atoms in total. The predicted molar refractivity (Wildman–Crippen MR) is 74.5 cm³/mol. The number of carboxylic acids is 1. The number of urea groups is 1. The van der Waals surface area contributed by atoms with Crippen LogP contribution in [-0.2, 0) is 14.3 Å². The maximum absolute atomic E-state index is 12.1. The Morgan fingerprint density at radius 2 is 2.05 bits per heavy atom. The van der Waals surface area contributed by atoms with E-state index in [4.69, 9.17) is 15.6 Å². The fraction of sp³-hybridized carbons (Fsp3) is 0.769. The molecular weight excluding hydrogens is 278 g/mol. The maximum atomic E-state index is 12.1. The van der Waals surface area contributed by atoms with Crippen molar-refractivity contribution >= 4 is 17.9 Å². The summed E-state index contributed by atoms with van der Waals surface area (Å²) in [6.07, 6.45) is 0.597. The molecule has 1 aliphatic rings. The number of carbonyl (C=O) groups excluding carboxylic acids is 2. The van der Waals surface area contributed by atoms with Crippen LogP contribution >= 0.6 is 0 Å². The van der Waals surface area contributed by atoms with Crippen LogP contribution in [-0.4, -0.2) is 47.8 Å². The average molecular weight is 301 g/mol. The highest BCUT2D eigenvalue weighted by atomic mass is 16.5. The first-order chi connectivity index (χ1) is 9.85. The van der Waals surface area contributed by atoms with E-state index in [-0.39, 0.29) is 24.5 Å². The third-order valence-electron chi connectivity index (χ3n) is 3.68. The lowest BCUT2D eigenvalue weighted by Gasteiger charge is -2.23. The summed E-state index contributed by atoms with van der Waals surface area (Å²) in [6.45, 7) is 3.97. The van der Waals surface area contributed by atoms with Crippen LogP contribution < -0.4 is 16.4 Å². The second-order valence-electron chi connectivity index (χ2n) is 5.28. The number of nitrogens with two attached hydrogens (primary N) is 1. The number of carbonyl (C=O) groups is 3. The van der Waals surface area contributed by atoms with Crippen LogP contribution in [0.25, 0.3) is 0 Å². The molecule has 4 atom stereocenters. The first-order valence-electron chi connectivity index (χ1n) is 7.07. The lowest BCUT2D eigenvalue weighted by atomic mass is 9.98. The van der Waals surface area contributed by atoms with Crippen molar-refractivity contribution in [2.75, 3.05) is 6.54 Å². The van der Waals surface area contributed by atoms with Crippen LogP contribution in [0.4, 0.5) is 4.79 Å². The molecule has 21 heavy (non-hydrogen) atoms. The molecule has 1 saturated heterocycles. The van der Waals surface area contributed by atoms with E-state index >= 15 is 0 Å². The second kappa shape index (κ2) is 7.82. The summed E-state index contributed by atoms with van der Waals surface area (Å²) in [7, 11) is 0. The van der Waals surface area contributed by atoms with E-state index < -0.39 is 24.1 Å². The highest BCUT2D eigenvalue weighted by Crippen LogP contribution is 2.19. The fourth-order valence-corrected chi connectivity index (χ4v) is 2.22. The number of rotatable bonds is 7. The zero-order valence-electron chi connectivity index (χ0n) is 12.3. The Bertz CT molecular complexity index is 401. The molecule has 120 valence electrons. The van der Waals surface area contributed by atoms with Crippen molar-refractivity contribution in [2.24, 2.45) is 11.7 Å². The summed E-state index contributed by atoms with van der Waals surface area (Å²) < 4.78 is 5.29. The quantitative estimate of drug-likeness (QED) is 0.518. The number of aliphatic carboxylic acids is 1. The first-order valence-corrected chi connectivity index (χ1v) is 7.07. The van der Waals surface area contributed by atoms with Crippen LogP contribution in [0.1, 0.15) is 33.1 Å². The van der Waals surface area contributed by atoms with Crippen LogP contribution in [0, 0.1) is 5.92 Å². The third kappa shape index (κ3) is 5.22. The van der Waals surface area contributed by atoms with Gasteiger partial charge in [0.15, 0.2) is 6.10 Å². The van der Waals surface area contributed by atoms with Crippen molar-refractivity contribution in [2.45, 2.75) is 51.4 Å². The SMILES string of the molecule is CCC(C)C(NC(N)=O)C(=O)NCC1CCC(C(=O)O)O1. The standard InChI is InChI=1S/C13H23N3O5/c1-3-7(2)10(16-13(14)20)11(17)15-6-8-4-5-9(21-8)12(18)19/h7-10H,3-6H2,1-2H3,(H,15,17)(H,18,19)(H3,14,16,20). The van der Waals surface area contributed by atoms with E-state index in [1.54, 1.807) is 0 Å². The van der Waals surface area contributed by atoms with Crippen LogP contribution in [0.5, 0.6) is 0 Å². The molecule has 3 amide bonds. The minimum Gasteiger partial charge on any atom is -0.479 e. The molecule has 5 N–H and O–H groups in total. The van der Waals surface area contributed by atoms with Gasteiger partial charge < -0.3 is 26.2 Å². The summed E-state index contributed by atoms with van der Waals surface area (Å²) in [6, 6.07) is -1.46. The highest BCUT2D eigenvalue weighted by Gasteiger charge is 2.31. The van der Waals surface area contributed by atoms with Gasteiger partial charge in [-0.2, -0.15) is 0 Å². The van der Waals surface area contributed by atoms with Crippen molar-refractivity contribution in [3.8, 4) is 0 Å². The van der Waals surface area contributed by atoms with E-state index in [1.807, 2.05) is 13.8 Å². The molecule has 0 aromatic heterocycles. The van der Waals surface area contributed by atoms with Gasteiger partial charge in [-0.3, -0.25) is 4.79 Å². The Labute approximate surface area is 123 Å². The number of primary amides is 1. The van der Waals surface area contributed by atoms with Gasteiger partial charge in [0.05, 0.1) is 6.10 Å². The van der Waals surface area contributed by atoms with Gasteiger partial charge in [-0.05, 0) is 18.8 Å². The smallest absolute Gasteiger partial charge is 0.332 e. The lowest BCUT2D eigenvalue weighted by Crippen LogP contribution is -2.52. The van der Waals surface area contributed by atoms with E-state index in [2.05, 4.69) is 10.6 Å². The Balaban J connectivity index is 2.47. The summed E-state index contributed by atoms with van der Waals surface area (Å²) in [5.41, 5.74) is 5.07. The molecule has 0 spiro atoms. The molecule has 0 saturated carbocycles. The molecule has 0 aliphatic carbocycles. The highest BCUT2D eigenvalue weighted by molar-refractivity contribution is 5.86. The molecule has 1 heterocycles. The number of hydrogen-bond acceptors (Lipinski definition) is 4. The molecule has 0 aromatic carbocycles. The monoisotopic (exact) mass is 301 g/mol. The zero-order chi connectivity index (χ0) is 16.0. The number of hydrogen-bond donors (Lipinski definition) is 4. The Hall–Kier alpha value is -1.83. The summed E-state index contributed by atoms with van der Waals surface area (Å²) in [4.78, 5) is 33.8. The van der Waals surface area contributed by atoms with Crippen LogP contribution in [0.3, 0.4) is 0 Å². The van der Waals surface area contributed by atoms with Crippen molar-refractivity contribution < 1.29 is 24.2 Å². The molecule has 0 bridgehead atoms. The van der Waals surface area contributed by atoms with E-state index in [0.717, 1.165) is 0 Å². The third-order valence-corrected chi connectivity index (χ3v) is 3.68. The maximum Gasteiger partial charge on any atom is 0.332 e. The van der Waals surface area contributed by atoms with Crippen LogP contribution in [0.15, 0.2) is 0 Å². The van der Waals surface area contributed by atoms with Gasteiger partial charge >= 0.3 is 12.0 Å². The molecule has 8 heteroatoms. The zero-order valence-corrected chi connectivity index (χ0v) is 12.3. The minimum absolute atomic E-state index is 0.0613. The molecule has 1 rings (SSSR count). The van der Waals surface area contributed by atoms with Gasteiger partial charge in [0.25, 0.3) is 0 Å². The van der Waals surface area contributed by atoms with Crippen molar-refractivity contribution in [1.82, 2.24) is 10.6 Å². The van der Waals surface area contributed by atoms with Crippen molar-refractivity contribution in [1.29, 1.82) is 0 Å². The first kappa shape index (κ1) is 17.2. The molecular formula is C13H23N3O5. The molecule has 4 unspecified atom stereocenters. The van der Waals surface area contributed by atoms with Gasteiger partial charge in [-0.15, -0.1) is 0 Å². The number of amides is 3. The largest absolute Gasteiger partial charge is 0.479 e. The fourth-order valence-electron chi connectivity index (χ4n) is 2.22. The van der Waals surface area contributed by atoms with Gasteiger partial charge in [-0.25, -0.2) is 9.59 Å².